The predicted octanol–water partition coefficient (Wildman–Crippen LogP) is 2.91. The van der Waals surface area contributed by atoms with Crippen LogP contribution in [-0.4, -0.2) is 58.4 Å². The van der Waals surface area contributed by atoms with Gasteiger partial charge in [0.1, 0.15) is 6.54 Å². The van der Waals surface area contributed by atoms with E-state index in [-0.39, 0.29) is 29.8 Å². The Balaban J connectivity index is 2.05. The summed E-state index contributed by atoms with van der Waals surface area (Å²) in [5.41, 5.74) is -0.199. The Hall–Kier alpha value is -1.59. The Morgan fingerprint density at radius 3 is 2.31 bits per heavy atom. The maximum atomic E-state index is 13.4. The second-order valence-electron chi connectivity index (χ2n) is 8.50. The molecule has 1 aliphatic heterocycles. The highest BCUT2D eigenvalue weighted by molar-refractivity contribution is 5.83. The largest absolute Gasteiger partial charge is 0.480 e. The highest BCUT2D eigenvalue weighted by Gasteiger charge is 2.44. The molecule has 0 radical (unpaired) electrons. The zero-order chi connectivity index (χ0) is 19.3. The predicted molar refractivity (Wildman–Crippen MR) is 99.6 cm³/mol. The minimum atomic E-state index is -0.987. The molecule has 1 atom stereocenters. The van der Waals surface area contributed by atoms with E-state index in [1.54, 1.807) is 0 Å². The third-order valence-corrected chi connectivity index (χ3v) is 5.95. The monoisotopic (exact) mass is 366 g/mol. The highest BCUT2D eigenvalue weighted by atomic mass is 16.4. The van der Waals surface area contributed by atoms with Crippen molar-refractivity contribution < 1.29 is 19.5 Å². The van der Waals surface area contributed by atoms with Crippen LogP contribution in [-0.2, 0) is 14.4 Å². The van der Waals surface area contributed by atoms with Crippen molar-refractivity contribution in [2.24, 2.45) is 11.3 Å². The maximum absolute atomic E-state index is 13.4. The fraction of sp³-hybridized carbons (Fsp3) is 0.850. The molecule has 1 saturated heterocycles. The van der Waals surface area contributed by atoms with Gasteiger partial charge in [-0.1, -0.05) is 26.7 Å². The van der Waals surface area contributed by atoms with Crippen molar-refractivity contribution in [3.63, 3.8) is 0 Å². The second kappa shape index (κ2) is 8.87. The van der Waals surface area contributed by atoms with E-state index in [1.165, 1.54) is 11.8 Å². The summed E-state index contributed by atoms with van der Waals surface area (Å²) < 4.78 is 0. The van der Waals surface area contributed by atoms with Crippen molar-refractivity contribution in [3.8, 4) is 0 Å². The third kappa shape index (κ3) is 4.98. The number of amides is 2. The van der Waals surface area contributed by atoms with Gasteiger partial charge in [-0.3, -0.25) is 14.4 Å². The molecular weight excluding hydrogens is 332 g/mol. The van der Waals surface area contributed by atoms with Gasteiger partial charge in [-0.2, -0.15) is 0 Å². The second-order valence-corrected chi connectivity index (χ2v) is 8.50. The summed E-state index contributed by atoms with van der Waals surface area (Å²) >= 11 is 0. The number of carbonyl (C=O) groups is 3. The molecule has 0 aromatic rings. The SMILES string of the molecule is CC(=O)N(CC(=O)O)C1CCCN(C(=O)C2(CC(C)C)CCCC2)CC1. The third-order valence-electron chi connectivity index (χ3n) is 5.95. The van der Waals surface area contributed by atoms with Gasteiger partial charge >= 0.3 is 5.97 Å². The minimum absolute atomic E-state index is 0.0916. The molecule has 0 aromatic heterocycles. The molecule has 2 rings (SSSR count). The van der Waals surface area contributed by atoms with Crippen LogP contribution in [0.2, 0.25) is 0 Å². The van der Waals surface area contributed by atoms with Crippen molar-refractivity contribution in [3.05, 3.63) is 0 Å². The van der Waals surface area contributed by atoms with Gasteiger partial charge in [0.25, 0.3) is 0 Å². The summed E-state index contributed by atoms with van der Waals surface area (Å²) in [5.74, 6) is -0.402. The number of carboxylic acids is 1. The first kappa shape index (κ1) is 20.7. The molecule has 1 aliphatic carbocycles. The smallest absolute Gasteiger partial charge is 0.323 e. The Bertz CT molecular complexity index is 526. The molecule has 1 unspecified atom stereocenters. The Morgan fingerprint density at radius 1 is 1.12 bits per heavy atom. The first-order valence-corrected chi connectivity index (χ1v) is 10.0. The van der Waals surface area contributed by atoms with Gasteiger partial charge in [0.15, 0.2) is 0 Å². The lowest BCUT2D eigenvalue weighted by Gasteiger charge is -2.35. The van der Waals surface area contributed by atoms with E-state index in [0.29, 0.717) is 25.4 Å². The average molecular weight is 367 g/mol. The molecule has 1 heterocycles. The lowest BCUT2D eigenvalue weighted by molar-refractivity contribution is -0.146. The van der Waals surface area contributed by atoms with Crippen LogP contribution in [0.15, 0.2) is 0 Å². The van der Waals surface area contributed by atoms with Crippen LogP contribution in [0.3, 0.4) is 0 Å². The molecule has 6 heteroatoms. The Labute approximate surface area is 156 Å². The van der Waals surface area contributed by atoms with Gasteiger partial charge in [-0.05, 0) is 44.4 Å². The van der Waals surface area contributed by atoms with Crippen molar-refractivity contribution >= 4 is 17.8 Å². The zero-order valence-corrected chi connectivity index (χ0v) is 16.5. The fourth-order valence-corrected chi connectivity index (χ4v) is 4.91. The van der Waals surface area contributed by atoms with Crippen LogP contribution in [0.1, 0.15) is 72.1 Å². The summed E-state index contributed by atoms with van der Waals surface area (Å²) in [4.78, 5) is 39.7. The lowest BCUT2D eigenvalue weighted by Crippen LogP contribution is -2.45. The molecule has 0 spiro atoms. The van der Waals surface area contributed by atoms with Gasteiger partial charge in [-0.25, -0.2) is 0 Å². The number of hydrogen-bond acceptors (Lipinski definition) is 3. The van der Waals surface area contributed by atoms with E-state index in [1.807, 2.05) is 4.90 Å². The maximum Gasteiger partial charge on any atom is 0.323 e. The van der Waals surface area contributed by atoms with E-state index < -0.39 is 5.97 Å². The van der Waals surface area contributed by atoms with Crippen LogP contribution >= 0.6 is 0 Å². The first-order valence-electron chi connectivity index (χ1n) is 10.0. The number of nitrogens with zero attached hydrogens (tertiary/aromatic N) is 2. The van der Waals surface area contributed by atoms with E-state index in [4.69, 9.17) is 5.11 Å². The van der Waals surface area contributed by atoms with Gasteiger partial charge in [-0.15, -0.1) is 0 Å². The van der Waals surface area contributed by atoms with Crippen molar-refractivity contribution in [2.75, 3.05) is 19.6 Å². The zero-order valence-electron chi connectivity index (χ0n) is 16.5. The van der Waals surface area contributed by atoms with Crippen LogP contribution in [0.5, 0.6) is 0 Å². The molecular formula is C20H34N2O4. The molecule has 1 saturated carbocycles. The van der Waals surface area contributed by atoms with E-state index >= 15 is 0 Å². The van der Waals surface area contributed by atoms with Gasteiger partial charge in [0, 0.05) is 31.5 Å². The van der Waals surface area contributed by atoms with Gasteiger partial charge < -0.3 is 14.9 Å². The van der Waals surface area contributed by atoms with Crippen LogP contribution in [0.4, 0.5) is 0 Å². The minimum Gasteiger partial charge on any atom is -0.480 e. The lowest BCUT2D eigenvalue weighted by atomic mass is 9.77. The number of aliphatic carboxylic acids is 1. The summed E-state index contributed by atoms with van der Waals surface area (Å²) in [6.07, 6.45) is 7.43. The molecule has 1 N–H and O–H groups in total. The van der Waals surface area contributed by atoms with E-state index in [9.17, 15) is 14.4 Å². The summed E-state index contributed by atoms with van der Waals surface area (Å²) in [6.45, 7) is 6.86. The fourth-order valence-electron chi connectivity index (χ4n) is 4.91. The molecule has 148 valence electrons. The number of carboxylic acid groups (broad SMARTS) is 1. The van der Waals surface area contributed by atoms with Crippen LogP contribution in [0.25, 0.3) is 0 Å². The summed E-state index contributed by atoms with van der Waals surface area (Å²) in [7, 11) is 0. The first-order chi connectivity index (χ1) is 12.2. The Morgan fingerprint density at radius 2 is 1.77 bits per heavy atom. The molecule has 2 aliphatic rings. The van der Waals surface area contributed by atoms with Crippen molar-refractivity contribution in [1.82, 2.24) is 9.80 Å². The van der Waals surface area contributed by atoms with Crippen molar-refractivity contribution in [2.45, 2.75) is 78.2 Å². The van der Waals surface area contributed by atoms with Crippen LogP contribution in [0, 0.1) is 11.3 Å². The molecule has 26 heavy (non-hydrogen) atoms. The number of hydrogen-bond donors (Lipinski definition) is 1. The van der Waals surface area contributed by atoms with Crippen molar-refractivity contribution in [1.29, 1.82) is 0 Å². The number of carbonyl (C=O) groups excluding carboxylic acids is 2. The summed E-state index contributed by atoms with van der Waals surface area (Å²) in [5, 5.41) is 9.08. The molecule has 0 bridgehead atoms. The number of rotatable bonds is 6. The van der Waals surface area contributed by atoms with E-state index in [2.05, 4.69) is 13.8 Å². The van der Waals surface area contributed by atoms with Crippen LogP contribution < -0.4 is 0 Å². The molecule has 6 nitrogen and oxygen atoms in total. The quantitative estimate of drug-likeness (QED) is 0.784. The molecule has 2 amide bonds. The molecule has 2 fully saturated rings. The normalized spacial score (nSPS) is 22.9. The molecule has 0 aromatic carbocycles. The topological polar surface area (TPSA) is 77.9 Å². The summed E-state index contributed by atoms with van der Waals surface area (Å²) in [6, 6.07) is -0.0916. The van der Waals surface area contributed by atoms with Gasteiger partial charge in [0.05, 0.1) is 0 Å². The highest BCUT2D eigenvalue weighted by Crippen LogP contribution is 2.45. The number of likely N-dealkylation sites (tertiary alicyclic amines) is 1. The van der Waals surface area contributed by atoms with E-state index in [0.717, 1.165) is 44.9 Å². The van der Waals surface area contributed by atoms with Gasteiger partial charge in [0.2, 0.25) is 11.8 Å². The average Bonchev–Trinajstić information content (AvgIpc) is 2.88. The standard InChI is InChI=1S/C20H34N2O4/c1-15(2)13-20(9-4-5-10-20)19(26)21-11-6-7-17(8-12-21)22(16(3)23)14-18(24)25/h15,17H,4-14H2,1-3H3,(H,24,25). The Kier molecular flexibility index (Phi) is 7.07.